The predicted molar refractivity (Wildman–Crippen MR) is 134 cm³/mol. The zero-order chi connectivity index (χ0) is 24.6. The van der Waals surface area contributed by atoms with Crippen LogP contribution in [0.3, 0.4) is 0 Å². The van der Waals surface area contributed by atoms with E-state index in [0.29, 0.717) is 18.0 Å². The molecule has 0 aliphatic carbocycles. The highest BCUT2D eigenvalue weighted by molar-refractivity contribution is 5.73. The third-order valence-corrected chi connectivity index (χ3v) is 5.44. The monoisotopic (exact) mass is 466 g/mol. The number of aryl methyl sites for hydroxylation is 1. The lowest BCUT2D eigenvalue weighted by molar-refractivity contribution is -0.148. The van der Waals surface area contributed by atoms with Gasteiger partial charge in [-0.2, -0.15) is 0 Å². The minimum Gasteiger partial charge on any atom is -0.463 e. The number of nitrogens with zero attached hydrogens (tertiary/aromatic N) is 2. The van der Waals surface area contributed by atoms with E-state index in [1.165, 1.54) is 30.8 Å². The maximum Gasteiger partial charge on any atom is 0.315 e. The summed E-state index contributed by atoms with van der Waals surface area (Å²) in [5.41, 5.74) is 2.16. The molecule has 2 rings (SSSR count). The molecule has 0 N–H and O–H groups in total. The van der Waals surface area contributed by atoms with Crippen LogP contribution in [0.2, 0.25) is 0 Å². The van der Waals surface area contributed by atoms with Crippen molar-refractivity contribution in [3.63, 3.8) is 0 Å². The summed E-state index contributed by atoms with van der Waals surface area (Å²) in [6.07, 6.45) is 16.0. The van der Waals surface area contributed by atoms with Gasteiger partial charge >= 0.3 is 11.9 Å². The van der Waals surface area contributed by atoms with E-state index in [4.69, 9.17) is 9.47 Å². The molecular weight excluding hydrogens is 428 g/mol. The van der Waals surface area contributed by atoms with E-state index in [-0.39, 0.29) is 24.5 Å². The number of unbranched alkanes of at least 4 members (excludes halogenated alkanes) is 4. The third-order valence-electron chi connectivity index (χ3n) is 5.44. The molecule has 2 aromatic rings. The van der Waals surface area contributed by atoms with Crippen LogP contribution in [0.1, 0.15) is 84.1 Å². The molecule has 1 unspecified atom stereocenters. The number of ether oxygens (including phenoxy) is 2. The van der Waals surface area contributed by atoms with E-state index in [0.717, 1.165) is 44.1 Å². The van der Waals surface area contributed by atoms with E-state index in [1.54, 1.807) is 0 Å². The Labute approximate surface area is 203 Å². The zero-order valence-electron chi connectivity index (χ0n) is 20.8. The first-order chi connectivity index (χ1) is 16.5. The molecule has 0 bridgehead atoms. The van der Waals surface area contributed by atoms with E-state index >= 15 is 0 Å². The molecule has 0 radical (unpaired) electrons. The van der Waals surface area contributed by atoms with Gasteiger partial charge < -0.3 is 9.47 Å². The van der Waals surface area contributed by atoms with Gasteiger partial charge in [0.2, 0.25) is 0 Å². The van der Waals surface area contributed by atoms with Gasteiger partial charge in [-0.05, 0) is 51.0 Å². The molecule has 0 fully saturated rings. The number of esters is 2. The van der Waals surface area contributed by atoms with Crippen molar-refractivity contribution in [1.29, 1.82) is 0 Å². The molecule has 0 saturated carbocycles. The Morgan fingerprint density at radius 3 is 2.35 bits per heavy atom. The maximum absolute atomic E-state index is 11.9. The van der Waals surface area contributed by atoms with Crippen molar-refractivity contribution in [2.24, 2.45) is 0 Å². The highest BCUT2D eigenvalue weighted by atomic mass is 16.5. The number of benzene rings is 1. The van der Waals surface area contributed by atoms with Gasteiger partial charge in [-0.15, -0.1) is 0 Å². The van der Waals surface area contributed by atoms with Crippen LogP contribution in [0.4, 0.5) is 0 Å². The van der Waals surface area contributed by atoms with Gasteiger partial charge in [0.15, 0.2) is 11.6 Å². The number of hydrogen-bond donors (Lipinski definition) is 0. The molecule has 34 heavy (non-hydrogen) atoms. The van der Waals surface area contributed by atoms with Crippen LogP contribution in [0.25, 0.3) is 11.4 Å². The van der Waals surface area contributed by atoms with Gasteiger partial charge in [-0.25, -0.2) is 9.97 Å². The van der Waals surface area contributed by atoms with Crippen LogP contribution in [-0.2, 0) is 20.7 Å². The van der Waals surface area contributed by atoms with Gasteiger partial charge in [-0.1, -0.05) is 63.1 Å². The summed E-state index contributed by atoms with van der Waals surface area (Å²) >= 11 is 0. The molecule has 0 saturated heterocycles. The fraction of sp³-hybridized carbons (Fsp3) is 0.500. The van der Waals surface area contributed by atoms with Crippen molar-refractivity contribution in [1.82, 2.24) is 9.97 Å². The van der Waals surface area contributed by atoms with E-state index in [9.17, 15) is 9.59 Å². The van der Waals surface area contributed by atoms with Gasteiger partial charge in [0.05, 0.1) is 24.9 Å². The predicted octanol–water partition coefficient (Wildman–Crippen LogP) is 6.63. The first-order valence-corrected chi connectivity index (χ1v) is 12.5. The van der Waals surface area contributed by atoms with Crippen LogP contribution in [-0.4, -0.2) is 28.0 Å². The summed E-state index contributed by atoms with van der Waals surface area (Å²) in [6, 6.07) is 8.18. The second-order valence-corrected chi connectivity index (χ2v) is 8.48. The van der Waals surface area contributed by atoms with Gasteiger partial charge in [-0.3, -0.25) is 9.59 Å². The van der Waals surface area contributed by atoms with Crippen molar-refractivity contribution in [2.45, 2.75) is 91.1 Å². The highest BCUT2D eigenvalue weighted by Gasteiger charge is 2.08. The standard InChI is InChI=1S/C28H38N2O4/c1-4-6-7-8-9-10-15-27(32)34-25-20-29-28(30-21-25)24-18-16-23(17-19-24)14-12-11-13-22(3)33-26(31)5-2/h9-10,16-22H,4-8,11-15H2,1-3H3/b10-9-. The number of aromatic nitrogens is 2. The molecule has 0 amide bonds. The summed E-state index contributed by atoms with van der Waals surface area (Å²) in [6.45, 7) is 5.93. The Balaban J connectivity index is 1.74. The number of hydrogen-bond acceptors (Lipinski definition) is 6. The molecule has 6 heteroatoms. The maximum atomic E-state index is 11.9. The topological polar surface area (TPSA) is 78.4 Å². The smallest absolute Gasteiger partial charge is 0.315 e. The Morgan fingerprint density at radius 1 is 0.941 bits per heavy atom. The lowest BCUT2D eigenvalue weighted by atomic mass is 10.0. The number of rotatable bonds is 15. The average Bonchev–Trinajstić information content (AvgIpc) is 2.85. The molecule has 1 aromatic carbocycles. The molecular formula is C28H38N2O4. The first-order valence-electron chi connectivity index (χ1n) is 12.5. The average molecular weight is 467 g/mol. The minimum atomic E-state index is -0.314. The number of carbonyl (C=O) groups is 2. The molecule has 1 atom stereocenters. The molecule has 0 aliphatic rings. The van der Waals surface area contributed by atoms with Gasteiger partial charge in [0, 0.05) is 12.0 Å². The molecule has 0 aliphatic heterocycles. The van der Waals surface area contributed by atoms with E-state index in [1.807, 2.05) is 38.1 Å². The first kappa shape index (κ1) is 27.2. The zero-order valence-corrected chi connectivity index (χ0v) is 20.8. The Kier molecular flexibility index (Phi) is 12.6. The van der Waals surface area contributed by atoms with Gasteiger partial charge in [0.25, 0.3) is 0 Å². The van der Waals surface area contributed by atoms with Crippen LogP contribution < -0.4 is 4.74 Å². The second-order valence-electron chi connectivity index (χ2n) is 8.48. The van der Waals surface area contributed by atoms with Gasteiger partial charge in [0.1, 0.15) is 0 Å². The summed E-state index contributed by atoms with van der Waals surface area (Å²) in [5.74, 6) is 0.490. The van der Waals surface area contributed by atoms with Crippen molar-refractivity contribution in [2.75, 3.05) is 0 Å². The fourth-order valence-corrected chi connectivity index (χ4v) is 3.45. The van der Waals surface area contributed by atoms with Crippen LogP contribution in [0, 0.1) is 0 Å². The van der Waals surface area contributed by atoms with Crippen molar-refractivity contribution >= 4 is 11.9 Å². The normalized spacial score (nSPS) is 12.0. The quantitative estimate of drug-likeness (QED) is 0.166. The Morgan fingerprint density at radius 2 is 1.68 bits per heavy atom. The SMILES string of the molecule is CCCCC/C=C\CC(=O)Oc1cnc(-c2ccc(CCCCC(C)OC(=O)CC)cc2)nc1. The molecule has 1 aromatic heterocycles. The van der Waals surface area contributed by atoms with Crippen molar-refractivity contribution in [3.05, 3.63) is 54.4 Å². The largest absolute Gasteiger partial charge is 0.463 e. The summed E-state index contributed by atoms with van der Waals surface area (Å²) < 4.78 is 10.6. The van der Waals surface area contributed by atoms with E-state index < -0.39 is 0 Å². The summed E-state index contributed by atoms with van der Waals surface area (Å²) in [5, 5.41) is 0. The number of carbonyl (C=O) groups excluding carboxylic acids is 2. The molecule has 6 nitrogen and oxygen atoms in total. The second kappa shape index (κ2) is 15.8. The van der Waals surface area contributed by atoms with E-state index in [2.05, 4.69) is 29.0 Å². The lowest BCUT2D eigenvalue weighted by Gasteiger charge is -2.12. The third kappa shape index (κ3) is 10.7. The summed E-state index contributed by atoms with van der Waals surface area (Å²) in [4.78, 5) is 31.9. The highest BCUT2D eigenvalue weighted by Crippen LogP contribution is 2.19. The van der Waals surface area contributed by atoms with Crippen LogP contribution in [0.15, 0.2) is 48.8 Å². The minimum absolute atomic E-state index is 0.0266. The van der Waals surface area contributed by atoms with Crippen molar-refractivity contribution < 1.29 is 19.1 Å². The van der Waals surface area contributed by atoms with Crippen molar-refractivity contribution in [3.8, 4) is 17.1 Å². The Hall–Kier alpha value is -3.02. The van der Waals surface area contributed by atoms with Crippen LogP contribution >= 0.6 is 0 Å². The lowest BCUT2D eigenvalue weighted by Crippen LogP contribution is -2.13. The molecule has 1 heterocycles. The number of allylic oxidation sites excluding steroid dienone is 1. The summed E-state index contributed by atoms with van der Waals surface area (Å²) in [7, 11) is 0. The molecule has 184 valence electrons. The fourth-order valence-electron chi connectivity index (χ4n) is 3.45. The Bertz CT molecular complexity index is 892. The molecule has 0 spiro atoms. The van der Waals surface area contributed by atoms with Crippen LogP contribution in [0.5, 0.6) is 5.75 Å².